The fraction of sp³-hybridized carbons (Fsp3) is 0.235. The van der Waals surface area contributed by atoms with Crippen LogP contribution in [0.5, 0.6) is 0 Å². The number of benzene rings is 1. The summed E-state index contributed by atoms with van der Waals surface area (Å²) in [6.07, 6.45) is 1.07. The minimum atomic E-state index is -1.26. The second-order valence-electron chi connectivity index (χ2n) is 5.60. The van der Waals surface area contributed by atoms with Gasteiger partial charge in [-0.25, -0.2) is 9.18 Å². The van der Waals surface area contributed by atoms with Crippen LogP contribution in [0.3, 0.4) is 0 Å². The average molecular weight is 351 g/mol. The zero-order valence-electron chi connectivity index (χ0n) is 13.1. The number of hydrogen-bond donors (Lipinski definition) is 2. The lowest BCUT2D eigenvalue weighted by molar-refractivity contribution is 0.0695. The molecule has 2 rings (SSSR count). The Kier molecular flexibility index (Phi) is 5.51. The molecule has 1 unspecified atom stereocenters. The summed E-state index contributed by atoms with van der Waals surface area (Å²) in [6, 6.07) is 6.49. The monoisotopic (exact) mass is 350 g/mol. The largest absolute Gasteiger partial charge is 0.478 e. The Morgan fingerprint density at radius 1 is 1.21 bits per heavy atom. The van der Waals surface area contributed by atoms with Gasteiger partial charge in [-0.2, -0.15) is 0 Å². The highest BCUT2D eigenvalue weighted by molar-refractivity contribution is 6.30. The van der Waals surface area contributed by atoms with Crippen molar-refractivity contribution in [1.29, 1.82) is 0 Å². The minimum Gasteiger partial charge on any atom is -0.478 e. The van der Waals surface area contributed by atoms with Crippen LogP contribution in [0, 0.1) is 11.7 Å². The fourth-order valence-corrected chi connectivity index (χ4v) is 2.30. The molecule has 2 aromatic rings. The predicted octanol–water partition coefficient (Wildman–Crippen LogP) is 3.70. The van der Waals surface area contributed by atoms with Gasteiger partial charge in [0.25, 0.3) is 5.91 Å². The first kappa shape index (κ1) is 17.9. The number of nitrogens with zero attached hydrogens (tertiary/aromatic N) is 1. The highest BCUT2D eigenvalue weighted by Crippen LogP contribution is 2.24. The number of carboxylic acid groups (broad SMARTS) is 1. The first-order chi connectivity index (χ1) is 11.3. The molecule has 1 aromatic carbocycles. The number of carboxylic acids is 1. The summed E-state index contributed by atoms with van der Waals surface area (Å²) < 4.78 is 14.2. The quantitative estimate of drug-likeness (QED) is 0.861. The second kappa shape index (κ2) is 7.40. The summed E-state index contributed by atoms with van der Waals surface area (Å²) in [7, 11) is 0. The Hall–Kier alpha value is -2.47. The molecular weight excluding hydrogens is 335 g/mol. The van der Waals surface area contributed by atoms with E-state index in [1.165, 1.54) is 0 Å². The van der Waals surface area contributed by atoms with E-state index < -0.39 is 23.7 Å². The van der Waals surface area contributed by atoms with Crippen molar-refractivity contribution >= 4 is 23.5 Å². The van der Waals surface area contributed by atoms with E-state index in [0.717, 1.165) is 12.3 Å². The Balaban J connectivity index is 2.28. The van der Waals surface area contributed by atoms with Gasteiger partial charge in [0.1, 0.15) is 5.82 Å². The van der Waals surface area contributed by atoms with Crippen LogP contribution in [0.2, 0.25) is 5.02 Å². The molecule has 1 atom stereocenters. The molecule has 0 spiro atoms. The van der Waals surface area contributed by atoms with Crippen molar-refractivity contribution < 1.29 is 19.1 Å². The fourth-order valence-electron chi connectivity index (χ4n) is 2.17. The van der Waals surface area contributed by atoms with E-state index in [2.05, 4.69) is 10.3 Å². The predicted molar refractivity (Wildman–Crippen MR) is 87.7 cm³/mol. The Bertz CT molecular complexity index is 763. The van der Waals surface area contributed by atoms with Crippen molar-refractivity contribution in [2.45, 2.75) is 19.9 Å². The van der Waals surface area contributed by atoms with E-state index in [0.29, 0.717) is 10.6 Å². The number of aromatic carboxylic acids is 1. The molecule has 1 heterocycles. The molecule has 0 saturated heterocycles. The molecule has 0 saturated carbocycles. The van der Waals surface area contributed by atoms with Gasteiger partial charge in [-0.15, -0.1) is 0 Å². The summed E-state index contributed by atoms with van der Waals surface area (Å²) >= 11 is 5.79. The van der Waals surface area contributed by atoms with E-state index in [1.54, 1.807) is 38.1 Å². The van der Waals surface area contributed by atoms with Crippen LogP contribution in [0.4, 0.5) is 4.39 Å². The van der Waals surface area contributed by atoms with Gasteiger partial charge in [0.2, 0.25) is 0 Å². The number of rotatable bonds is 5. The van der Waals surface area contributed by atoms with E-state index in [4.69, 9.17) is 16.7 Å². The van der Waals surface area contributed by atoms with Gasteiger partial charge in [0.05, 0.1) is 17.3 Å². The smallest absolute Gasteiger partial charge is 0.337 e. The highest BCUT2D eigenvalue weighted by Gasteiger charge is 2.24. The van der Waals surface area contributed by atoms with E-state index in [1.807, 2.05) is 0 Å². The third kappa shape index (κ3) is 4.08. The van der Waals surface area contributed by atoms with Crippen molar-refractivity contribution in [1.82, 2.24) is 10.3 Å². The molecular formula is C17H16ClFN2O3. The molecule has 126 valence electrons. The topological polar surface area (TPSA) is 79.3 Å². The van der Waals surface area contributed by atoms with Crippen LogP contribution in [-0.4, -0.2) is 22.0 Å². The summed E-state index contributed by atoms with van der Waals surface area (Å²) in [5, 5.41) is 12.1. The molecule has 1 aromatic heterocycles. The molecule has 0 bridgehead atoms. The van der Waals surface area contributed by atoms with Crippen LogP contribution >= 0.6 is 11.6 Å². The molecule has 1 amide bonds. The molecule has 5 nitrogen and oxygen atoms in total. The lowest BCUT2D eigenvalue weighted by Crippen LogP contribution is -2.33. The van der Waals surface area contributed by atoms with Gasteiger partial charge in [-0.3, -0.25) is 9.78 Å². The van der Waals surface area contributed by atoms with E-state index in [9.17, 15) is 14.0 Å². The van der Waals surface area contributed by atoms with Crippen LogP contribution in [0.25, 0.3) is 0 Å². The molecule has 0 aliphatic rings. The maximum absolute atomic E-state index is 14.2. The number of amides is 1. The Labute approximate surface area is 143 Å². The normalized spacial score (nSPS) is 12.0. The number of carbonyl (C=O) groups excluding carboxylic acids is 1. The van der Waals surface area contributed by atoms with Gasteiger partial charge in [0.15, 0.2) is 0 Å². The van der Waals surface area contributed by atoms with Crippen LogP contribution < -0.4 is 5.32 Å². The maximum Gasteiger partial charge on any atom is 0.337 e. The van der Waals surface area contributed by atoms with Gasteiger partial charge >= 0.3 is 5.97 Å². The number of hydrogen-bond acceptors (Lipinski definition) is 3. The molecule has 2 N–H and O–H groups in total. The van der Waals surface area contributed by atoms with Crippen LogP contribution in [0.1, 0.15) is 46.3 Å². The summed E-state index contributed by atoms with van der Waals surface area (Å²) in [5.41, 5.74) is 0.132. The number of pyridine rings is 1. The third-order valence-electron chi connectivity index (χ3n) is 3.47. The number of halogens is 2. The first-order valence-electron chi connectivity index (χ1n) is 7.24. The zero-order valence-corrected chi connectivity index (χ0v) is 13.8. The van der Waals surface area contributed by atoms with Crippen molar-refractivity contribution in [3.05, 3.63) is 64.2 Å². The van der Waals surface area contributed by atoms with Crippen molar-refractivity contribution in [3.8, 4) is 0 Å². The van der Waals surface area contributed by atoms with Crippen molar-refractivity contribution in [2.75, 3.05) is 0 Å². The average Bonchev–Trinajstić information content (AvgIpc) is 2.53. The lowest BCUT2D eigenvalue weighted by Gasteiger charge is -2.22. The number of nitrogens with one attached hydrogen (secondary N) is 1. The second-order valence-corrected chi connectivity index (χ2v) is 6.03. The molecule has 0 radical (unpaired) electrons. The molecule has 0 fully saturated rings. The summed E-state index contributed by atoms with van der Waals surface area (Å²) in [6.45, 7) is 3.61. The van der Waals surface area contributed by atoms with E-state index >= 15 is 0 Å². The van der Waals surface area contributed by atoms with E-state index in [-0.39, 0.29) is 17.2 Å². The van der Waals surface area contributed by atoms with Crippen molar-refractivity contribution in [2.24, 2.45) is 5.92 Å². The Morgan fingerprint density at radius 3 is 2.33 bits per heavy atom. The number of aromatic nitrogens is 1. The zero-order chi connectivity index (χ0) is 17.9. The molecule has 7 heteroatoms. The Morgan fingerprint density at radius 2 is 1.83 bits per heavy atom. The van der Waals surface area contributed by atoms with Crippen LogP contribution in [-0.2, 0) is 0 Å². The van der Waals surface area contributed by atoms with Gasteiger partial charge in [0, 0.05) is 16.8 Å². The third-order valence-corrected chi connectivity index (χ3v) is 3.72. The van der Waals surface area contributed by atoms with Crippen LogP contribution in [0.15, 0.2) is 36.5 Å². The standard InChI is InChI=1S/C17H16ClFN2O3/c1-9(2)14(15-13(19)7-11(8-20-15)17(23)24)21-16(22)10-3-5-12(18)6-4-10/h3-9,14H,1-2H3,(H,21,22)(H,23,24). The van der Waals surface area contributed by atoms with Gasteiger partial charge in [-0.1, -0.05) is 25.4 Å². The highest BCUT2D eigenvalue weighted by atomic mass is 35.5. The first-order valence-corrected chi connectivity index (χ1v) is 7.62. The van der Waals surface area contributed by atoms with Gasteiger partial charge in [-0.05, 0) is 36.2 Å². The summed E-state index contributed by atoms with van der Waals surface area (Å²) in [4.78, 5) is 27.1. The molecule has 24 heavy (non-hydrogen) atoms. The SMILES string of the molecule is CC(C)C(NC(=O)c1ccc(Cl)cc1)c1ncc(C(=O)O)cc1F. The molecule has 0 aliphatic heterocycles. The van der Waals surface area contributed by atoms with Gasteiger partial charge < -0.3 is 10.4 Å². The minimum absolute atomic E-state index is 0.00249. The lowest BCUT2D eigenvalue weighted by atomic mass is 9.98. The van der Waals surface area contributed by atoms with Crippen molar-refractivity contribution in [3.63, 3.8) is 0 Å². The molecule has 0 aliphatic carbocycles. The summed E-state index contributed by atoms with van der Waals surface area (Å²) in [5.74, 6) is -2.59. The number of carbonyl (C=O) groups is 2. The maximum atomic E-state index is 14.2.